The van der Waals surface area contributed by atoms with Crippen LogP contribution in [0, 0.1) is 0 Å². The highest BCUT2D eigenvalue weighted by Crippen LogP contribution is 2.14. The van der Waals surface area contributed by atoms with Gasteiger partial charge in [-0.1, -0.05) is 17.3 Å². The Morgan fingerprint density at radius 3 is 2.19 bits per heavy atom. The summed E-state index contributed by atoms with van der Waals surface area (Å²) in [7, 11) is -3.66. The number of hydrogen-bond donors (Lipinski definition) is 2. The molecule has 7 heteroatoms. The van der Waals surface area contributed by atoms with Crippen molar-refractivity contribution in [3.63, 3.8) is 0 Å². The largest absolute Gasteiger partial charge is 0.398 e. The fraction of sp³-hybridized carbons (Fsp3) is 0. The first-order valence-corrected chi connectivity index (χ1v) is 5.78. The van der Waals surface area contributed by atoms with Crippen LogP contribution in [0.15, 0.2) is 52.2 Å². The van der Waals surface area contributed by atoms with Crippen molar-refractivity contribution in [2.45, 2.75) is 4.90 Å². The molecule has 2 rings (SSSR count). The van der Waals surface area contributed by atoms with Crippen LogP contribution in [-0.2, 0) is 10.0 Å². The number of sulfonamides is 1. The Balaban J connectivity index is 0.000000212. The van der Waals surface area contributed by atoms with E-state index in [0.717, 1.165) is 0 Å². The number of aromatic nitrogens is 1. The third-order valence-electron chi connectivity index (χ3n) is 1.57. The van der Waals surface area contributed by atoms with E-state index in [0.29, 0.717) is 0 Å². The molecule has 0 saturated carbocycles. The highest BCUT2D eigenvalue weighted by molar-refractivity contribution is 7.89. The zero-order valence-electron chi connectivity index (χ0n) is 8.28. The summed E-state index contributed by atoms with van der Waals surface area (Å²) < 4.78 is 25.8. The maximum Gasteiger partial charge on any atom is 0.240 e. The van der Waals surface area contributed by atoms with Gasteiger partial charge in [0.15, 0.2) is 0 Å². The Morgan fingerprint density at radius 1 is 1.19 bits per heavy atom. The molecule has 0 aliphatic heterocycles. The fourth-order valence-electron chi connectivity index (χ4n) is 0.915. The molecule has 16 heavy (non-hydrogen) atoms. The van der Waals surface area contributed by atoms with Gasteiger partial charge >= 0.3 is 0 Å². The number of hydrogen-bond acceptors (Lipinski definition) is 5. The third-order valence-corrected chi connectivity index (χ3v) is 2.56. The van der Waals surface area contributed by atoms with Crippen molar-refractivity contribution in [2.24, 2.45) is 5.14 Å². The molecule has 1 aromatic heterocycles. The predicted octanol–water partition coefficient (Wildman–Crippen LogP) is 0.591. The van der Waals surface area contributed by atoms with E-state index in [1.54, 1.807) is 24.4 Å². The van der Waals surface area contributed by atoms with Crippen molar-refractivity contribution >= 4 is 15.7 Å². The van der Waals surface area contributed by atoms with Gasteiger partial charge in [0.05, 0.1) is 11.9 Å². The van der Waals surface area contributed by atoms with Crippen molar-refractivity contribution in [3.05, 3.63) is 42.8 Å². The van der Waals surface area contributed by atoms with Crippen molar-refractivity contribution in [3.8, 4) is 0 Å². The van der Waals surface area contributed by atoms with Gasteiger partial charge in [0, 0.05) is 0 Å². The second-order valence-electron chi connectivity index (χ2n) is 2.77. The first-order valence-electron chi connectivity index (χ1n) is 4.23. The summed E-state index contributed by atoms with van der Waals surface area (Å²) >= 11 is 0. The maximum absolute atomic E-state index is 10.8. The summed E-state index contributed by atoms with van der Waals surface area (Å²) in [5.74, 6) is 0. The van der Waals surface area contributed by atoms with Crippen LogP contribution in [0.25, 0.3) is 0 Å². The Labute approximate surface area is 92.9 Å². The average molecular weight is 241 g/mol. The van der Waals surface area contributed by atoms with E-state index < -0.39 is 10.0 Å². The van der Waals surface area contributed by atoms with Crippen molar-refractivity contribution in [1.82, 2.24) is 5.16 Å². The number of para-hydroxylation sites is 1. The molecular weight excluding hydrogens is 230 g/mol. The summed E-state index contributed by atoms with van der Waals surface area (Å²) in [6, 6.07) is 7.78. The molecule has 0 amide bonds. The SMILES string of the molecule is Nc1ccccc1S(N)(=O)=O.c1cnoc1. The molecule has 0 atom stereocenters. The first kappa shape index (κ1) is 12.2. The minimum atomic E-state index is -3.66. The number of nitrogens with zero attached hydrogens (tertiary/aromatic N) is 1. The van der Waals surface area contributed by atoms with Crippen molar-refractivity contribution in [2.75, 3.05) is 5.73 Å². The lowest BCUT2D eigenvalue weighted by Gasteiger charge is -2.00. The van der Waals surface area contributed by atoms with Crippen LogP contribution >= 0.6 is 0 Å². The van der Waals surface area contributed by atoms with E-state index in [-0.39, 0.29) is 10.6 Å². The minimum Gasteiger partial charge on any atom is -0.398 e. The van der Waals surface area contributed by atoms with Crippen LogP contribution in [0.1, 0.15) is 0 Å². The minimum absolute atomic E-state index is 0.0278. The molecule has 0 radical (unpaired) electrons. The van der Waals surface area contributed by atoms with Gasteiger partial charge in [-0.15, -0.1) is 0 Å². The molecule has 0 saturated heterocycles. The van der Waals surface area contributed by atoms with E-state index >= 15 is 0 Å². The van der Waals surface area contributed by atoms with E-state index in [4.69, 9.17) is 10.9 Å². The Hall–Kier alpha value is -1.86. The van der Waals surface area contributed by atoms with E-state index in [1.165, 1.54) is 18.4 Å². The first-order chi connectivity index (χ1) is 7.52. The zero-order valence-corrected chi connectivity index (χ0v) is 9.09. The number of primary sulfonamides is 1. The molecule has 0 aliphatic rings. The van der Waals surface area contributed by atoms with Crippen molar-refractivity contribution in [1.29, 1.82) is 0 Å². The highest BCUT2D eigenvalue weighted by Gasteiger charge is 2.09. The van der Waals surface area contributed by atoms with E-state index in [2.05, 4.69) is 9.68 Å². The van der Waals surface area contributed by atoms with Gasteiger partial charge in [-0.05, 0) is 18.2 Å². The summed E-state index contributed by atoms with van der Waals surface area (Å²) in [4.78, 5) is -0.0278. The smallest absolute Gasteiger partial charge is 0.240 e. The Kier molecular flexibility index (Phi) is 4.03. The molecule has 0 unspecified atom stereocenters. The number of benzene rings is 1. The van der Waals surface area contributed by atoms with Gasteiger partial charge in [-0.3, -0.25) is 0 Å². The number of anilines is 1. The maximum atomic E-state index is 10.8. The molecule has 2 aromatic rings. The second kappa shape index (κ2) is 5.29. The van der Waals surface area contributed by atoms with Crippen LogP contribution in [0.2, 0.25) is 0 Å². The van der Waals surface area contributed by atoms with Crippen LogP contribution in [0.5, 0.6) is 0 Å². The van der Waals surface area contributed by atoms with Crippen molar-refractivity contribution < 1.29 is 12.9 Å². The normalized spacial score (nSPS) is 10.3. The third kappa shape index (κ3) is 3.71. The van der Waals surface area contributed by atoms with Gasteiger partial charge in [0.1, 0.15) is 11.2 Å². The lowest BCUT2D eigenvalue weighted by Crippen LogP contribution is -2.13. The monoisotopic (exact) mass is 241 g/mol. The quantitative estimate of drug-likeness (QED) is 0.709. The second-order valence-corrected chi connectivity index (χ2v) is 4.30. The van der Waals surface area contributed by atoms with Gasteiger partial charge in [0.25, 0.3) is 0 Å². The van der Waals surface area contributed by atoms with Crippen LogP contribution in [0.3, 0.4) is 0 Å². The van der Waals surface area contributed by atoms with E-state index in [9.17, 15) is 8.42 Å². The number of nitrogen functional groups attached to an aromatic ring is 1. The summed E-state index contributed by atoms with van der Waals surface area (Å²) in [6.45, 7) is 0. The lowest BCUT2D eigenvalue weighted by atomic mass is 10.3. The average Bonchev–Trinajstić information content (AvgIpc) is 2.74. The van der Waals surface area contributed by atoms with Crippen LogP contribution in [0.4, 0.5) is 5.69 Å². The summed E-state index contributed by atoms with van der Waals surface area (Å²) in [6.07, 6.45) is 3.10. The molecular formula is C9H11N3O3S. The molecule has 4 N–H and O–H groups in total. The van der Waals surface area contributed by atoms with Crippen LogP contribution < -0.4 is 10.9 Å². The van der Waals surface area contributed by atoms with Gasteiger partial charge in [-0.2, -0.15) is 0 Å². The van der Waals surface area contributed by atoms with Gasteiger partial charge in [0.2, 0.25) is 10.0 Å². The number of rotatable bonds is 1. The summed E-state index contributed by atoms with van der Waals surface area (Å²) in [5, 5.41) is 8.20. The highest BCUT2D eigenvalue weighted by atomic mass is 32.2. The standard InChI is InChI=1S/C6H8N2O2S.C3H3NO/c7-5-3-1-2-4-6(5)11(8,9)10;1-2-4-5-3-1/h1-4H,7H2,(H2,8,9,10);1-3H. The lowest BCUT2D eigenvalue weighted by molar-refractivity contribution is 0.420. The molecule has 6 nitrogen and oxygen atoms in total. The summed E-state index contributed by atoms with van der Waals surface area (Å²) in [5.41, 5.74) is 5.52. The van der Waals surface area contributed by atoms with Crippen LogP contribution in [-0.4, -0.2) is 13.6 Å². The molecule has 86 valence electrons. The molecule has 1 aromatic carbocycles. The fourth-order valence-corrected chi connectivity index (χ4v) is 1.58. The van der Waals surface area contributed by atoms with Gasteiger partial charge in [-0.25, -0.2) is 13.6 Å². The Morgan fingerprint density at radius 2 is 1.88 bits per heavy atom. The predicted molar refractivity (Wildman–Crippen MR) is 58.7 cm³/mol. The molecule has 0 aliphatic carbocycles. The zero-order chi connectivity index (χ0) is 12.0. The van der Waals surface area contributed by atoms with E-state index in [1.807, 2.05) is 0 Å². The topological polar surface area (TPSA) is 112 Å². The number of nitrogens with two attached hydrogens (primary N) is 2. The van der Waals surface area contributed by atoms with Gasteiger partial charge < -0.3 is 10.3 Å². The molecule has 1 heterocycles. The molecule has 0 bridgehead atoms. The Bertz CT molecular complexity index is 505. The molecule has 0 fully saturated rings. The molecule has 0 spiro atoms.